The summed E-state index contributed by atoms with van der Waals surface area (Å²) in [7, 11) is 0.976. The molecule has 0 fully saturated rings. The Morgan fingerprint density at radius 3 is 2.62 bits per heavy atom. The molecule has 1 heterocycles. The average molecular weight is 305 g/mol. The van der Waals surface area contributed by atoms with Crippen LogP contribution >= 0.6 is 0 Å². The first kappa shape index (κ1) is 16.2. The number of carbonyl (C=O) groups is 1. The van der Waals surface area contributed by atoms with Crippen molar-refractivity contribution < 1.29 is 32.4 Å². The molecule has 11 heteroatoms. The van der Waals surface area contributed by atoms with E-state index in [1.807, 2.05) is 0 Å². The van der Waals surface area contributed by atoms with Gasteiger partial charge in [-0.15, -0.1) is 13.2 Å². The molecule has 0 saturated carbocycles. The second-order valence-corrected chi connectivity index (χ2v) is 3.47. The highest BCUT2D eigenvalue weighted by atomic mass is 19.4. The van der Waals surface area contributed by atoms with Crippen LogP contribution in [0.1, 0.15) is 11.3 Å². The van der Waals surface area contributed by atoms with Crippen LogP contribution in [-0.4, -0.2) is 29.3 Å². The molecule has 112 valence electrons. The number of carbonyl (C=O) groups excluding carboxylic acids is 1. The van der Waals surface area contributed by atoms with Gasteiger partial charge in [0, 0.05) is 0 Å². The van der Waals surface area contributed by atoms with Gasteiger partial charge >= 0.3 is 18.0 Å². The maximum atomic E-state index is 12.2. The van der Waals surface area contributed by atoms with Gasteiger partial charge in [-0.05, 0) is 0 Å². The maximum absolute atomic E-state index is 12.2. The van der Waals surface area contributed by atoms with Crippen LogP contribution in [0.15, 0.2) is 6.20 Å². The van der Waals surface area contributed by atoms with E-state index in [4.69, 9.17) is 5.26 Å². The number of nitriles is 1. The first-order valence-electron chi connectivity index (χ1n) is 5.08. The molecular formula is C10H6F3N3O5. The Kier molecular flexibility index (Phi) is 4.64. The molecule has 0 aliphatic carbocycles. The fourth-order valence-electron chi connectivity index (χ4n) is 1.40. The van der Waals surface area contributed by atoms with Crippen LogP contribution in [0.4, 0.5) is 18.9 Å². The fourth-order valence-corrected chi connectivity index (χ4v) is 1.40. The van der Waals surface area contributed by atoms with Gasteiger partial charge in [0.2, 0.25) is 5.75 Å². The van der Waals surface area contributed by atoms with E-state index in [9.17, 15) is 28.1 Å². The molecule has 0 N–H and O–H groups in total. The summed E-state index contributed by atoms with van der Waals surface area (Å²) in [5, 5.41) is 19.7. The molecular weight excluding hydrogens is 299 g/mol. The lowest BCUT2D eigenvalue weighted by molar-refractivity contribution is -0.389. The third-order valence-electron chi connectivity index (χ3n) is 2.18. The van der Waals surface area contributed by atoms with E-state index < -0.39 is 46.4 Å². The van der Waals surface area contributed by atoms with Gasteiger partial charge in [-0.3, -0.25) is 14.9 Å². The summed E-state index contributed by atoms with van der Waals surface area (Å²) in [4.78, 5) is 24.2. The number of halogens is 3. The van der Waals surface area contributed by atoms with Gasteiger partial charge in [0.25, 0.3) is 0 Å². The minimum absolute atomic E-state index is 0.394. The molecule has 0 bridgehead atoms. The monoisotopic (exact) mass is 305 g/mol. The second-order valence-electron chi connectivity index (χ2n) is 3.47. The molecule has 1 aromatic rings. The van der Waals surface area contributed by atoms with E-state index in [1.54, 1.807) is 0 Å². The number of alkyl halides is 3. The quantitative estimate of drug-likeness (QED) is 0.470. The summed E-state index contributed by atoms with van der Waals surface area (Å²) in [6.45, 7) is 0. The summed E-state index contributed by atoms with van der Waals surface area (Å²) in [6.07, 6.45) is -5.59. The SMILES string of the molecule is COC(=O)Cc1c(C#N)ncc(OC(F)(F)F)c1[N+](=O)[O-]. The Morgan fingerprint density at radius 1 is 1.57 bits per heavy atom. The fraction of sp³-hybridized carbons (Fsp3) is 0.300. The Balaban J connectivity index is 3.49. The van der Waals surface area contributed by atoms with Crippen LogP contribution in [0.25, 0.3) is 0 Å². The normalized spacial score (nSPS) is 10.6. The number of nitro groups is 1. The standard InChI is InChI=1S/C10H6F3N3O5/c1-20-8(17)2-5-6(3-14)15-4-7(9(5)16(18)19)21-10(11,12)13/h4H,2H2,1H3. The number of esters is 1. The molecule has 0 amide bonds. The molecule has 0 aromatic carbocycles. The topological polar surface area (TPSA) is 115 Å². The van der Waals surface area contributed by atoms with E-state index in [2.05, 4.69) is 14.5 Å². The van der Waals surface area contributed by atoms with Crippen molar-refractivity contribution in [1.29, 1.82) is 5.26 Å². The Bertz CT molecular complexity index is 624. The van der Waals surface area contributed by atoms with Gasteiger partial charge in [-0.2, -0.15) is 5.26 Å². The molecule has 0 spiro atoms. The molecule has 0 radical (unpaired) electrons. The van der Waals surface area contributed by atoms with Crippen molar-refractivity contribution in [3.8, 4) is 11.8 Å². The molecule has 1 rings (SSSR count). The first-order valence-corrected chi connectivity index (χ1v) is 5.08. The highest BCUT2D eigenvalue weighted by molar-refractivity contribution is 5.76. The van der Waals surface area contributed by atoms with Gasteiger partial charge in [0.1, 0.15) is 6.07 Å². The number of ether oxygens (including phenoxy) is 2. The van der Waals surface area contributed by atoms with Crippen LogP contribution in [0.3, 0.4) is 0 Å². The maximum Gasteiger partial charge on any atom is 0.573 e. The van der Waals surface area contributed by atoms with Crippen molar-refractivity contribution in [3.05, 3.63) is 27.6 Å². The summed E-state index contributed by atoms with van der Waals surface area (Å²) >= 11 is 0. The average Bonchev–Trinajstić information content (AvgIpc) is 2.36. The van der Waals surface area contributed by atoms with Crippen LogP contribution in [0, 0.1) is 21.4 Å². The third-order valence-corrected chi connectivity index (χ3v) is 2.18. The number of pyridine rings is 1. The zero-order chi connectivity index (χ0) is 16.2. The van der Waals surface area contributed by atoms with Gasteiger partial charge in [0.15, 0.2) is 5.69 Å². The Labute approximate surface area is 114 Å². The molecule has 0 unspecified atom stereocenters. The van der Waals surface area contributed by atoms with Gasteiger partial charge in [-0.25, -0.2) is 4.98 Å². The smallest absolute Gasteiger partial charge is 0.469 e. The summed E-state index contributed by atoms with van der Waals surface area (Å²) in [5.74, 6) is -2.20. The molecule has 0 atom stereocenters. The van der Waals surface area contributed by atoms with E-state index >= 15 is 0 Å². The van der Waals surface area contributed by atoms with Crippen molar-refractivity contribution in [1.82, 2.24) is 4.98 Å². The number of hydrogen-bond acceptors (Lipinski definition) is 7. The molecule has 0 aliphatic heterocycles. The van der Waals surface area contributed by atoms with Gasteiger partial charge in [-0.1, -0.05) is 0 Å². The van der Waals surface area contributed by atoms with Gasteiger partial charge in [0.05, 0.1) is 30.2 Å². The van der Waals surface area contributed by atoms with Crippen molar-refractivity contribution in [3.63, 3.8) is 0 Å². The van der Waals surface area contributed by atoms with E-state index in [0.29, 0.717) is 6.20 Å². The van der Waals surface area contributed by atoms with Crippen molar-refractivity contribution in [2.24, 2.45) is 0 Å². The Morgan fingerprint density at radius 2 is 2.19 bits per heavy atom. The van der Waals surface area contributed by atoms with Crippen LogP contribution in [0.5, 0.6) is 5.75 Å². The van der Waals surface area contributed by atoms with E-state index in [-0.39, 0.29) is 0 Å². The molecule has 8 nitrogen and oxygen atoms in total. The molecule has 0 aliphatic rings. The van der Waals surface area contributed by atoms with Gasteiger partial charge < -0.3 is 9.47 Å². The lowest BCUT2D eigenvalue weighted by Crippen LogP contribution is -2.19. The lowest BCUT2D eigenvalue weighted by Gasteiger charge is -2.11. The number of hydrogen-bond donors (Lipinski definition) is 0. The van der Waals surface area contributed by atoms with E-state index in [0.717, 1.165) is 7.11 Å². The van der Waals surface area contributed by atoms with Crippen LogP contribution in [-0.2, 0) is 16.0 Å². The van der Waals surface area contributed by atoms with Crippen molar-refractivity contribution in [2.75, 3.05) is 7.11 Å². The highest BCUT2D eigenvalue weighted by Crippen LogP contribution is 2.35. The van der Waals surface area contributed by atoms with Crippen LogP contribution < -0.4 is 4.74 Å². The van der Waals surface area contributed by atoms with Crippen LogP contribution in [0.2, 0.25) is 0 Å². The van der Waals surface area contributed by atoms with E-state index in [1.165, 1.54) is 6.07 Å². The summed E-state index contributed by atoms with van der Waals surface area (Å²) in [6, 6.07) is 1.45. The lowest BCUT2D eigenvalue weighted by atomic mass is 10.1. The number of rotatable bonds is 4. The predicted octanol–water partition coefficient (Wildman–Crippen LogP) is 1.48. The number of aromatic nitrogens is 1. The number of nitrogens with zero attached hydrogens (tertiary/aromatic N) is 3. The summed E-state index contributed by atoms with van der Waals surface area (Å²) in [5.41, 5.74) is -2.35. The zero-order valence-electron chi connectivity index (χ0n) is 10.3. The predicted molar refractivity (Wildman–Crippen MR) is 58.0 cm³/mol. The zero-order valence-corrected chi connectivity index (χ0v) is 10.3. The molecule has 21 heavy (non-hydrogen) atoms. The highest BCUT2D eigenvalue weighted by Gasteiger charge is 2.37. The minimum atomic E-state index is -5.19. The largest absolute Gasteiger partial charge is 0.573 e. The van der Waals surface area contributed by atoms with Crippen molar-refractivity contribution in [2.45, 2.75) is 12.8 Å². The second kappa shape index (κ2) is 6.04. The molecule has 0 saturated heterocycles. The van der Waals surface area contributed by atoms with Crippen molar-refractivity contribution >= 4 is 11.7 Å². The first-order chi connectivity index (χ1) is 9.69. The minimum Gasteiger partial charge on any atom is -0.469 e. The Hall–Kier alpha value is -2.90. The molecule has 1 aromatic heterocycles. The number of methoxy groups -OCH3 is 1. The summed E-state index contributed by atoms with van der Waals surface area (Å²) < 4.78 is 44.3. The third kappa shape index (κ3) is 4.03.